The average molecular weight is 1000 g/mol. The van der Waals surface area contributed by atoms with E-state index in [1.54, 1.807) is 48.8 Å². The van der Waals surface area contributed by atoms with Crippen LogP contribution in [-0.2, 0) is 17.9 Å². The number of carbonyl (C=O) groups excluding carboxylic acids is 1. The summed E-state index contributed by atoms with van der Waals surface area (Å²) in [6, 6.07) is 15.4. The molecule has 4 aromatic rings. The van der Waals surface area contributed by atoms with Crippen LogP contribution in [0, 0.1) is 17.6 Å². The van der Waals surface area contributed by atoms with Crippen molar-refractivity contribution in [3.8, 4) is 0 Å². The summed E-state index contributed by atoms with van der Waals surface area (Å²) in [7, 11) is 0. The fourth-order valence-electron chi connectivity index (χ4n) is 10.1. The Bertz CT molecular complexity index is 2280. The molecule has 2 atom stereocenters. The van der Waals surface area contributed by atoms with Crippen molar-refractivity contribution in [2.45, 2.75) is 103 Å². The largest absolute Gasteiger partial charge is 0.397 e. The van der Waals surface area contributed by atoms with Crippen molar-refractivity contribution in [3.63, 3.8) is 0 Å². The zero-order valence-electron chi connectivity index (χ0n) is 39.2. The molecule has 3 N–H and O–H groups in total. The van der Waals surface area contributed by atoms with Gasteiger partial charge in [-0.2, -0.15) is 0 Å². The van der Waals surface area contributed by atoms with E-state index in [0.29, 0.717) is 74.3 Å². The van der Waals surface area contributed by atoms with Crippen molar-refractivity contribution in [1.82, 2.24) is 29.6 Å². The molecule has 1 amide bonds. The minimum atomic E-state index is -0.227. The number of likely N-dealkylation sites (tertiary alicyclic amines) is 2. The number of hydrogen-bond donors (Lipinski definition) is 2. The summed E-state index contributed by atoms with van der Waals surface area (Å²) < 4.78 is 28.4. The monoisotopic (exact) mass is 1000 g/mol. The Hall–Kier alpha value is -3.53. The first kappa shape index (κ1) is 51.3. The molecule has 0 saturated carbocycles. The number of halogens is 6. The molecule has 67 heavy (non-hydrogen) atoms. The zero-order valence-corrected chi connectivity index (χ0v) is 42.2. The van der Waals surface area contributed by atoms with E-state index < -0.39 is 0 Å². The van der Waals surface area contributed by atoms with E-state index in [-0.39, 0.29) is 23.5 Å². The van der Waals surface area contributed by atoms with Gasteiger partial charge in [0, 0.05) is 104 Å². The molecular weight excluding hydrogens is 936 g/mol. The number of nitrogens with one attached hydrogen (secondary N) is 1. The van der Waals surface area contributed by atoms with Gasteiger partial charge in [-0.25, -0.2) is 18.7 Å². The number of nitrogen functional groups attached to an aromatic ring is 1. The normalized spacial score (nSPS) is 20.8. The Labute approximate surface area is 415 Å². The van der Waals surface area contributed by atoms with Gasteiger partial charge >= 0.3 is 0 Å². The lowest BCUT2D eigenvalue weighted by molar-refractivity contribution is -0.118. The molecule has 0 radical (unpaired) electrons. The Morgan fingerprint density at radius 2 is 1.12 bits per heavy atom. The van der Waals surface area contributed by atoms with Gasteiger partial charge in [0.1, 0.15) is 23.3 Å². The molecule has 0 bridgehead atoms. The molecular formula is C50H66Cl4F2N10O. The van der Waals surface area contributed by atoms with E-state index in [0.717, 1.165) is 121 Å². The first-order valence-electron chi connectivity index (χ1n) is 23.9. The Morgan fingerprint density at radius 1 is 0.672 bits per heavy atom. The topological polar surface area (TPSA) is 100 Å². The Kier molecular flexibility index (Phi) is 18.3. The third-order valence-corrected chi connectivity index (χ3v) is 15.0. The van der Waals surface area contributed by atoms with Crippen LogP contribution in [0.2, 0.25) is 20.1 Å². The number of hydrogen-bond acceptors (Lipinski definition) is 10. The minimum Gasteiger partial charge on any atom is -0.397 e. The molecule has 4 aliphatic heterocycles. The highest BCUT2D eigenvalue weighted by Crippen LogP contribution is 2.33. The maximum atomic E-state index is 14.2. The lowest BCUT2D eigenvalue weighted by Crippen LogP contribution is -2.58. The van der Waals surface area contributed by atoms with Crippen LogP contribution < -0.4 is 20.9 Å². The summed E-state index contributed by atoms with van der Waals surface area (Å²) in [5, 5.41) is 4.92. The third-order valence-electron chi connectivity index (χ3n) is 13.9. The molecule has 11 nitrogen and oxygen atoms in total. The minimum absolute atomic E-state index is 0.0513. The van der Waals surface area contributed by atoms with Crippen LogP contribution in [0.5, 0.6) is 0 Å². The van der Waals surface area contributed by atoms with Gasteiger partial charge < -0.3 is 20.9 Å². The number of nitrogens with zero attached hydrogens (tertiary/aromatic N) is 8. The second-order valence-electron chi connectivity index (χ2n) is 18.7. The summed E-state index contributed by atoms with van der Waals surface area (Å²) in [6.45, 7) is 18.8. The predicted molar refractivity (Wildman–Crippen MR) is 272 cm³/mol. The quantitative estimate of drug-likeness (QED) is 0.143. The first-order valence-corrected chi connectivity index (χ1v) is 25.4. The van der Waals surface area contributed by atoms with Crippen LogP contribution in [-0.4, -0.2) is 125 Å². The second kappa shape index (κ2) is 23.9. The summed E-state index contributed by atoms with van der Waals surface area (Å²) >= 11 is 24.8. The van der Waals surface area contributed by atoms with Gasteiger partial charge in [0.05, 0.1) is 33.8 Å². The summed E-state index contributed by atoms with van der Waals surface area (Å²) in [4.78, 5) is 35.6. The van der Waals surface area contributed by atoms with Crippen LogP contribution in [0.3, 0.4) is 0 Å². The van der Waals surface area contributed by atoms with Gasteiger partial charge in [-0.1, -0.05) is 86.2 Å². The van der Waals surface area contributed by atoms with Crippen LogP contribution in [0.1, 0.15) is 77.3 Å². The van der Waals surface area contributed by atoms with Crippen molar-refractivity contribution in [3.05, 3.63) is 104 Å². The molecule has 364 valence electrons. The van der Waals surface area contributed by atoms with E-state index in [2.05, 4.69) is 58.5 Å². The van der Waals surface area contributed by atoms with E-state index in [1.807, 2.05) is 13.8 Å². The number of benzene rings is 2. The highest BCUT2D eigenvalue weighted by atomic mass is 35.5. The van der Waals surface area contributed by atoms with Gasteiger partial charge in [0.15, 0.2) is 0 Å². The van der Waals surface area contributed by atoms with E-state index in [1.165, 1.54) is 12.1 Å². The summed E-state index contributed by atoms with van der Waals surface area (Å²) in [5.74, 6) is 1.00. The maximum absolute atomic E-state index is 14.2. The third kappa shape index (κ3) is 13.4. The number of amides is 1. The second-order valence-corrected chi connectivity index (χ2v) is 20.4. The number of carbonyl (C=O) groups is 1. The number of piperidine rings is 2. The molecule has 4 aliphatic rings. The van der Waals surface area contributed by atoms with Gasteiger partial charge in [-0.3, -0.25) is 24.4 Å². The van der Waals surface area contributed by atoms with Crippen molar-refractivity contribution in [2.75, 3.05) is 86.3 Å². The Balaban J connectivity index is 0.000000201. The highest BCUT2D eigenvalue weighted by Gasteiger charge is 2.36. The number of nitrogens with two attached hydrogens (primary N) is 1. The number of rotatable bonds is 12. The molecule has 6 heterocycles. The van der Waals surface area contributed by atoms with E-state index >= 15 is 0 Å². The predicted octanol–water partition coefficient (Wildman–Crippen LogP) is 10.4. The van der Waals surface area contributed by atoms with Crippen molar-refractivity contribution in [2.24, 2.45) is 5.92 Å². The average Bonchev–Trinajstić information content (AvgIpc) is 3.31. The molecule has 17 heteroatoms. The number of anilines is 4. The smallest absolute Gasteiger partial charge is 0.226 e. The standard InChI is InChI=1S/C27H36Cl2FN5O.C23H30Cl2FN5/c1-4-22-17-34(26-24(29)14-21(15-31-26)32-27(36)18(2)3)11-12-35(22)23-7-9-33(10-8-23)16-19-5-6-20(28)13-25(19)30;1-2-19-15-30(23-21(25)12-18(27)13-28-23)9-10-31(19)20-5-7-29(8-6-20)14-16-3-4-17(24)11-22(16)26/h5-6,13-15,18,22-23H,4,7-12,16-17H2,1-3H3,(H,32,36);3-4,11-13,19-20H,2,5-10,14-15,27H2,1H3/t22-;19-/m00/s1. The molecule has 0 spiro atoms. The molecule has 2 aromatic heterocycles. The lowest BCUT2D eigenvalue weighted by atomic mass is 9.97. The van der Waals surface area contributed by atoms with Crippen molar-refractivity contribution < 1.29 is 13.6 Å². The van der Waals surface area contributed by atoms with Crippen molar-refractivity contribution >= 4 is 75.3 Å². The van der Waals surface area contributed by atoms with Crippen LogP contribution in [0.15, 0.2) is 60.9 Å². The number of piperazine rings is 2. The Morgan fingerprint density at radius 3 is 1.52 bits per heavy atom. The molecule has 0 unspecified atom stereocenters. The number of aromatic nitrogens is 2. The van der Waals surface area contributed by atoms with Gasteiger partial charge in [0.2, 0.25) is 5.91 Å². The van der Waals surface area contributed by atoms with Gasteiger partial charge in [-0.15, -0.1) is 0 Å². The van der Waals surface area contributed by atoms with E-state index in [9.17, 15) is 13.6 Å². The maximum Gasteiger partial charge on any atom is 0.226 e. The fraction of sp³-hybridized carbons (Fsp3) is 0.540. The molecule has 4 saturated heterocycles. The van der Waals surface area contributed by atoms with Crippen molar-refractivity contribution in [1.29, 1.82) is 0 Å². The van der Waals surface area contributed by atoms with Crippen LogP contribution in [0.25, 0.3) is 0 Å². The summed E-state index contributed by atoms with van der Waals surface area (Å²) in [5.41, 5.74) is 8.44. The van der Waals surface area contributed by atoms with Crippen LogP contribution in [0.4, 0.5) is 31.8 Å². The SMILES string of the molecule is CC[C@H]1CN(c2ncc(N)cc2Cl)CCN1C1CCN(Cc2ccc(Cl)cc2F)CC1.CC[C@H]1CN(c2ncc(NC(=O)C(C)C)cc2Cl)CCN1C1CCN(Cc2ccc(Cl)cc2F)CC1. The molecule has 2 aromatic carbocycles. The first-order chi connectivity index (χ1) is 32.2. The fourth-order valence-corrected chi connectivity index (χ4v) is 11.0. The summed E-state index contributed by atoms with van der Waals surface area (Å²) in [6.07, 6.45) is 9.86. The zero-order chi connectivity index (χ0) is 47.8. The lowest BCUT2D eigenvalue weighted by Gasteiger charge is -2.47. The highest BCUT2D eigenvalue weighted by molar-refractivity contribution is 6.33. The van der Waals surface area contributed by atoms with Gasteiger partial charge in [0.25, 0.3) is 0 Å². The van der Waals surface area contributed by atoms with Gasteiger partial charge in [-0.05, 0) is 101 Å². The van der Waals surface area contributed by atoms with E-state index in [4.69, 9.17) is 52.1 Å². The molecule has 8 rings (SSSR count). The molecule has 4 fully saturated rings. The number of pyridine rings is 2. The molecule has 0 aliphatic carbocycles. The van der Waals surface area contributed by atoms with Crippen LogP contribution >= 0.6 is 46.4 Å².